The molecule has 0 radical (unpaired) electrons. The van der Waals surface area contributed by atoms with Gasteiger partial charge in [0, 0.05) is 7.11 Å². The van der Waals surface area contributed by atoms with Gasteiger partial charge >= 0.3 is 5.97 Å². The molecule has 2 aliphatic rings. The molecule has 26 heavy (non-hydrogen) atoms. The molecule has 2 fully saturated rings. The average molecular weight is 360 g/mol. The molecule has 4 nitrogen and oxygen atoms in total. The highest BCUT2D eigenvalue weighted by Crippen LogP contribution is 2.49. The number of hydrogen-bond acceptors (Lipinski definition) is 3. The van der Waals surface area contributed by atoms with Crippen molar-refractivity contribution in [1.82, 2.24) is 0 Å². The van der Waals surface area contributed by atoms with Crippen molar-refractivity contribution in [2.24, 2.45) is 11.3 Å². The molecule has 2 atom stereocenters. The molecule has 1 N–H and O–H groups in total. The maximum absolute atomic E-state index is 10.9. The van der Waals surface area contributed by atoms with Gasteiger partial charge in [0.1, 0.15) is 5.75 Å². The van der Waals surface area contributed by atoms with Crippen molar-refractivity contribution in [3.63, 3.8) is 0 Å². The van der Waals surface area contributed by atoms with Crippen LogP contribution in [0.5, 0.6) is 5.75 Å². The summed E-state index contributed by atoms with van der Waals surface area (Å²) >= 11 is 0. The van der Waals surface area contributed by atoms with Crippen LogP contribution in [0.3, 0.4) is 0 Å². The molecule has 0 aromatic heterocycles. The lowest BCUT2D eigenvalue weighted by Gasteiger charge is -2.43. The highest BCUT2D eigenvalue weighted by Gasteiger charge is 2.37. The van der Waals surface area contributed by atoms with Crippen molar-refractivity contribution in [2.45, 2.75) is 70.3 Å². The number of carbonyl (C=O) groups is 1. The Balaban J connectivity index is 1.52. The summed E-state index contributed by atoms with van der Waals surface area (Å²) < 4.78 is 11.4. The van der Waals surface area contributed by atoms with E-state index in [9.17, 15) is 4.79 Å². The number of benzene rings is 1. The number of hydrogen-bond donors (Lipinski definition) is 1. The van der Waals surface area contributed by atoms with Gasteiger partial charge < -0.3 is 14.6 Å². The monoisotopic (exact) mass is 360 g/mol. The first-order valence-corrected chi connectivity index (χ1v) is 10.1. The highest BCUT2D eigenvalue weighted by molar-refractivity contribution is 5.67. The van der Waals surface area contributed by atoms with Crippen LogP contribution in [0.25, 0.3) is 0 Å². The van der Waals surface area contributed by atoms with Crippen molar-refractivity contribution in [3.05, 3.63) is 29.8 Å². The third-order valence-electron chi connectivity index (χ3n) is 6.34. The van der Waals surface area contributed by atoms with Crippen molar-refractivity contribution in [2.75, 3.05) is 13.7 Å². The van der Waals surface area contributed by atoms with Gasteiger partial charge in [0.15, 0.2) is 0 Å². The number of carboxylic acid groups (broad SMARTS) is 1. The van der Waals surface area contributed by atoms with E-state index in [1.807, 2.05) is 24.3 Å². The first-order valence-electron chi connectivity index (χ1n) is 10.1. The largest absolute Gasteiger partial charge is 0.493 e. The molecule has 2 saturated carbocycles. The Hall–Kier alpha value is -1.55. The molecular formula is C22H32O4. The Labute approximate surface area is 156 Å². The van der Waals surface area contributed by atoms with E-state index in [1.54, 1.807) is 7.11 Å². The predicted octanol–water partition coefficient (Wildman–Crippen LogP) is 5.37. The Morgan fingerprint density at radius 1 is 1.15 bits per heavy atom. The molecule has 1 aromatic carbocycles. The summed E-state index contributed by atoms with van der Waals surface area (Å²) in [5.74, 6) is 0.675. The van der Waals surface area contributed by atoms with Crippen LogP contribution in [-0.4, -0.2) is 24.8 Å². The third-order valence-corrected chi connectivity index (χ3v) is 6.34. The second kappa shape index (κ2) is 8.90. The SMILES string of the molecule is COC(CC(=O)O)c1ccc(OCC2CCCC3(CCCCC3)C2)cc1. The van der Waals surface area contributed by atoms with Crippen LogP contribution in [0, 0.1) is 11.3 Å². The number of methoxy groups -OCH3 is 1. The molecule has 2 aliphatic carbocycles. The van der Waals surface area contributed by atoms with Crippen molar-refractivity contribution < 1.29 is 19.4 Å². The summed E-state index contributed by atoms with van der Waals surface area (Å²) in [6.07, 6.45) is 12.0. The van der Waals surface area contributed by atoms with Gasteiger partial charge in [-0.15, -0.1) is 0 Å². The topological polar surface area (TPSA) is 55.8 Å². The van der Waals surface area contributed by atoms with Crippen LogP contribution in [0.2, 0.25) is 0 Å². The Morgan fingerprint density at radius 3 is 2.50 bits per heavy atom. The van der Waals surface area contributed by atoms with E-state index in [0.717, 1.165) is 17.9 Å². The lowest BCUT2D eigenvalue weighted by molar-refractivity contribution is -0.139. The summed E-state index contributed by atoms with van der Waals surface area (Å²) in [6.45, 7) is 0.796. The Kier molecular flexibility index (Phi) is 6.58. The predicted molar refractivity (Wildman–Crippen MR) is 101 cm³/mol. The molecule has 1 aromatic rings. The van der Waals surface area contributed by atoms with Gasteiger partial charge in [0.25, 0.3) is 0 Å². The highest BCUT2D eigenvalue weighted by atomic mass is 16.5. The Bertz CT molecular complexity index is 569. The maximum atomic E-state index is 10.9. The van der Waals surface area contributed by atoms with Crippen LogP contribution in [0.15, 0.2) is 24.3 Å². The van der Waals surface area contributed by atoms with Gasteiger partial charge in [-0.1, -0.05) is 37.8 Å². The van der Waals surface area contributed by atoms with E-state index in [2.05, 4.69) is 0 Å². The fourth-order valence-corrected chi connectivity index (χ4v) is 4.97. The number of rotatable bonds is 7. The molecular weight excluding hydrogens is 328 g/mol. The van der Waals surface area contributed by atoms with Gasteiger partial charge in [-0.05, 0) is 61.1 Å². The lowest BCUT2D eigenvalue weighted by atomic mass is 9.63. The first kappa shape index (κ1) is 19.2. The van der Waals surface area contributed by atoms with E-state index in [-0.39, 0.29) is 6.42 Å². The number of aliphatic carboxylic acids is 1. The number of ether oxygens (including phenoxy) is 2. The zero-order valence-corrected chi connectivity index (χ0v) is 15.9. The van der Waals surface area contributed by atoms with Crippen molar-refractivity contribution in [3.8, 4) is 5.75 Å². The van der Waals surface area contributed by atoms with E-state index in [0.29, 0.717) is 11.3 Å². The van der Waals surface area contributed by atoms with Crippen molar-refractivity contribution >= 4 is 5.97 Å². The minimum Gasteiger partial charge on any atom is -0.493 e. The fraction of sp³-hybridized carbons (Fsp3) is 0.682. The van der Waals surface area contributed by atoms with Gasteiger partial charge in [0.05, 0.1) is 19.1 Å². The zero-order chi connectivity index (χ0) is 18.4. The van der Waals surface area contributed by atoms with E-state index in [1.165, 1.54) is 57.8 Å². The van der Waals surface area contributed by atoms with Crippen LogP contribution >= 0.6 is 0 Å². The smallest absolute Gasteiger partial charge is 0.306 e. The van der Waals surface area contributed by atoms with Gasteiger partial charge in [0.2, 0.25) is 0 Å². The quantitative estimate of drug-likeness (QED) is 0.710. The minimum atomic E-state index is -0.855. The van der Waals surface area contributed by atoms with E-state index < -0.39 is 12.1 Å². The van der Waals surface area contributed by atoms with E-state index in [4.69, 9.17) is 14.6 Å². The zero-order valence-electron chi connectivity index (χ0n) is 15.9. The first-order chi connectivity index (χ1) is 12.6. The van der Waals surface area contributed by atoms with Crippen LogP contribution < -0.4 is 4.74 Å². The summed E-state index contributed by atoms with van der Waals surface area (Å²) in [4.78, 5) is 10.9. The second-order valence-electron chi connectivity index (χ2n) is 8.23. The Morgan fingerprint density at radius 2 is 1.85 bits per heavy atom. The average Bonchev–Trinajstić information content (AvgIpc) is 2.65. The lowest BCUT2D eigenvalue weighted by Crippen LogP contribution is -2.33. The molecule has 4 heteroatoms. The normalized spacial score (nSPS) is 23.5. The molecule has 3 rings (SSSR count). The van der Waals surface area contributed by atoms with Gasteiger partial charge in [-0.2, -0.15) is 0 Å². The van der Waals surface area contributed by atoms with Crippen molar-refractivity contribution in [1.29, 1.82) is 0 Å². The molecule has 1 spiro atoms. The summed E-state index contributed by atoms with van der Waals surface area (Å²) in [6, 6.07) is 7.69. The van der Waals surface area contributed by atoms with Gasteiger partial charge in [-0.3, -0.25) is 4.79 Å². The van der Waals surface area contributed by atoms with E-state index >= 15 is 0 Å². The van der Waals surface area contributed by atoms with Crippen LogP contribution in [-0.2, 0) is 9.53 Å². The second-order valence-corrected chi connectivity index (χ2v) is 8.23. The summed E-state index contributed by atoms with van der Waals surface area (Å²) in [7, 11) is 1.54. The third kappa shape index (κ3) is 5.00. The summed E-state index contributed by atoms with van der Waals surface area (Å²) in [5, 5.41) is 8.96. The minimum absolute atomic E-state index is 0.0269. The molecule has 0 saturated heterocycles. The molecule has 0 bridgehead atoms. The maximum Gasteiger partial charge on any atom is 0.306 e. The molecule has 0 aliphatic heterocycles. The molecule has 2 unspecified atom stereocenters. The molecule has 0 heterocycles. The standard InChI is InChI=1S/C22H32O4/c1-25-20(14-21(23)24)18-7-9-19(10-8-18)26-16-17-6-5-13-22(15-17)11-3-2-4-12-22/h7-10,17,20H,2-6,11-16H2,1H3,(H,23,24). The fourth-order valence-electron chi connectivity index (χ4n) is 4.97. The van der Waals surface area contributed by atoms with Gasteiger partial charge in [-0.25, -0.2) is 0 Å². The molecule has 144 valence electrons. The number of carboxylic acids is 1. The molecule has 0 amide bonds. The summed E-state index contributed by atoms with van der Waals surface area (Å²) in [5.41, 5.74) is 1.48. The van der Waals surface area contributed by atoms with Crippen LogP contribution in [0.4, 0.5) is 0 Å². The van der Waals surface area contributed by atoms with Crippen LogP contribution in [0.1, 0.15) is 75.9 Å².